The summed E-state index contributed by atoms with van der Waals surface area (Å²) in [5.74, 6) is 0.649. The molecular formula is C25H28N8O3. The van der Waals surface area contributed by atoms with Crippen LogP contribution in [0.2, 0.25) is 0 Å². The maximum atomic E-state index is 11.4. The molecule has 5 rings (SSSR count). The van der Waals surface area contributed by atoms with E-state index in [2.05, 4.69) is 30.6 Å². The Morgan fingerprint density at radius 2 is 2.00 bits per heavy atom. The summed E-state index contributed by atoms with van der Waals surface area (Å²) in [6, 6.07) is 9.70. The van der Waals surface area contributed by atoms with Gasteiger partial charge >= 0.3 is 5.97 Å². The number of para-hydroxylation sites is 1. The van der Waals surface area contributed by atoms with Crippen molar-refractivity contribution in [2.45, 2.75) is 45.3 Å². The Kier molecular flexibility index (Phi) is 6.61. The monoisotopic (exact) mass is 488 g/mol. The van der Waals surface area contributed by atoms with E-state index in [9.17, 15) is 9.90 Å². The Bertz CT molecular complexity index is 1350. The van der Waals surface area contributed by atoms with Gasteiger partial charge in [0.05, 0.1) is 59.8 Å². The van der Waals surface area contributed by atoms with Gasteiger partial charge < -0.3 is 15.2 Å². The number of aromatic nitrogens is 7. The van der Waals surface area contributed by atoms with Crippen molar-refractivity contribution in [3.05, 3.63) is 60.3 Å². The van der Waals surface area contributed by atoms with Crippen molar-refractivity contribution < 1.29 is 14.6 Å². The quantitative estimate of drug-likeness (QED) is 0.383. The molecule has 4 aromatic rings. The zero-order valence-corrected chi connectivity index (χ0v) is 20.2. The van der Waals surface area contributed by atoms with Crippen LogP contribution in [-0.4, -0.2) is 51.9 Å². The number of nitrogens with one attached hydrogen (secondary N) is 1. The van der Waals surface area contributed by atoms with Crippen LogP contribution in [0.1, 0.15) is 37.1 Å². The Morgan fingerprint density at radius 3 is 2.78 bits per heavy atom. The molecule has 1 fully saturated rings. The lowest BCUT2D eigenvalue weighted by Gasteiger charge is -2.27. The molecule has 11 nitrogen and oxygen atoms in total. The van der Waals surface area contributed by atoms with Gasteiger partial charge in [-0.2, -0.15) is 10.2 Å². The number of aryl methyl sites for hydroxylation is 2. The van der Waals surface area contributed by atoms with Crippen LogP contribution in [0.15, 0.2) is 48.9 Å². The minimum atomic E-state index is -0.757. The summed E-state index contributed by atoms with van der Waals surface area (Å²) >= 11 is 0. The van der Waals surface area contributed by atoms with Gasteiger partial charge in [-0.1, -0.05) is 18.2 Å². The number of carboxylic acids is 1. The van der Waals surface area contributed by atoms with Gasteiger partial charge in [-0.3, -0.25) is 9.48 Å². The molecule has 0 spiro atoms. The third kappa shape index (κ3) is 5.04. The fraction of sp³-hybridized carbons (Fsp3) is 0.360. The number of hydrogen-bond donors (Lipinski definition) is 2. The average Bonchev–Trinajstić information content (AvgIpc) is 3.51. The predicted octanol–water partition coefficient (Wildman–Crippen LogP) is 3.40. The molecule has 3 aromatic heterocycles. The zero-order valence-electron chi connectivity index (χ0n) is 20.2. The number of rotatable bonds is 8. The molecule has 2 N–H and O–H groups in total. The molecule has 11 heteroatoms. The van der Waals surface area contributed by atoms with E-state index in [-0.39, 0.29) is 12.0 Å². The van der Waals surface area contributed by atoms with Crippen molar-refractivity contribution >= 4 is 11.8 Å². The van der Waals surface area contributed by atoms with Crippen LogP contribution in [0.25, 0.3) is 17.1 Å². The number of anilines is 1. The number of nitrogens with zero attached hydrogens (tertiary/aromatic N) is 7. The van der Waals surface area contributed by atoms with Crippen molar-refractivity contribution in [3.63, 3.8) is 0 Å². The zero-order chi connectivity index (χ0) is 25.1. The minimum Gasteiger partial charge on any atom is -0.487 e. The number of benzene rings is 1. The molecular weight excluding hydrogens is 460 g/mol. The highest BCUT2D eigenvalue weighted by molar-refractivity contribution is 5.70. The highest BCUT2D eigenvalue weighted by atomic mass is 16.5. The van der Waals surface area contributed by atoms with E-state index in [0.29, 0.717) is 42.5 Å². The van der Waals surface area contributed by atoms with Crippen molar-refractivity contribution in [1.82, 2.24) is 34.7 Å². The largest absolute Gasteiger partial charge is 0.487 e. The molecule has 186 valence electrons. The molecule has 0 aliphatic heterocycles. The van der Waals surface area contributed by atoms with E-state index in [1.54, 1.807) is 28.1 Å². The van der Waals surface area contributed by atoms with Crippen LogP contribution in [0.5, 0.6) is 5.75 Å². The molecule has 1 aromatic carbocycles. The highest BCUT2D eigenvalue weighted by Gasteiger charge is 2.28. The average molecular weight is 489 g/mol. The second kappa shape index (κ2) is 10.1. The summed E-state index contributed by atoms with van der Waals surface area (Å²) in [5.41, 5.74) is 3.28. The molecule has 2 atom stereocenters. The van der Waals surface area contributed by atoms with Gasteiger partial charge in [0.25, 0.3) is 0 Å². The first-order valence-corrected chi connectivity index (χ1v) is 11.9. The molecule has 0 radical (unpaired) electrons. The maximum Gasteiger partial charge on any atom is 0.306 e. The number of hydrogen-bond acceptors (Lipinski definition) is 8. The second-order valence-corrected chi connectivity index (χ2v) is 8.92. The summed E-state index contributed by atoms with van der Waals surface area (Å²) in [7, 11) is 1.87. The van der Waals surface area contributed by atoms with Crippen molar-refractivity contribution in [3.8, 4) is 22.8 Å². The fourth-order valence-electron chi connectivity index (χ4n) is 4.42. The highest BCUT2D eigenvalue weighted by Crippen LogP contribution is 2.30. The molecule has 1 saturated carbocycles. The standard InChI is InChI=1S/C25H28N8O3/c1-16-22(36-19-10-6-7-17(11-19)25(34)35)14-27-24(30-16)20-12-28-32(2)21(20)13-26-23-15-29-33(31-23)18-8-4-3-5-9-18/h3-5,8-9,12,14-15,17,19H,6-7,10-11,13H2,1-2H3,(H,26,31)(H,34,35)/t17-,19-/m0/s1. The second-order valence-electron chi connectivity index (χ2n) is 8.92. The lowest BCUT2D eigenvalue weighted by molar-refractivity contribution is -0.143. The summed E-state index contributed by atoms with van der Waals surface area (Å²) in [6.45, 7) is 2.33. The van der Waals surface area contributed by atoms with Crippen molar-refractivity contribution in [2.75, 3.05) is 5.32 Å². The Morgan fingerprint density at radius 1 is 1.17 bits per heavy atom. The van der Waals surface area contributed by atoms with E-state index in [0.717, 1.165) is 29.8 Å². The number of carbonyl (C=O) groups is 1. The molecule has 0 amide bonds. The van der Waals surface area contributed by atoms with Gasteiger partial charge in [0.2, 0.25) is 0 Å². The topological polar surface area (TPSA) is 133 Å². The first-order valence-electron chi connectivity index (χ1n) is 11.9. The summed E-state index contributed by atoms with van der Waals surface area (Å²) in [4.78, 5) is 22.1. The van der Waals surface area contributed by atoms with Gasteiger partial charge in [-0.15, -0.1) is 9.90 Å². The minimum absolute atomic E-state index is 0.143. The van der Waals surface area contributed by atoms with Crippen LogP contribution in [0.3, 0.4) is 0 Å². The molecule has 3 heterocycles. The van der Waals surface area contributed by atoms with Gasteiger partial charge in [0, 0.05) is 7.05 Å². The Hall–Kier alpha value is -4.28. The first-order chi connectivity index (χ1) is 17.5. The van der Waals surface area contributed by atoms with Crippen LogP contribution < -0.4 is 10.1 Å². The van der Waals surface area contributed by atoms with E-state index in [4.69, 9.17) is 4.74 Å². The number of carboxylic acid groups (broad SMARTS) is 1. The summed E-state index contributed by atoms with van der Waals surface area (Å²) < 4.78 is 7.88. The van der Waals surface area contributed by atoms with E-state index >= 15 is 0 Å². The van der Waals surface area contributed by atoms with Crippen LogP contribution in [-0.2, 0) is 18.4 Å². The number of ether oxygens (including phenoxy) is 1. The van der Waals surface area contributed by atoms with E-state index in [1.165, 1.54) is 0 Å². The Labute approximate surface area is 208 Å². The van der Waals surface area contributed by atoms with Crippen LogP contribution >= 0.6 is 0 Å². The molecule has 0 saturated heterocycles. The summed E-state index contributed by atoms with van der Waals surface area (Å²) in [6.07, 6.45) is 7.81. The van der Waals surface area contributed by atoms with Gasteiger partial charge in [-0.25, -0.2) is 9.97 Å². The predicted molar refractivity (Wildman–Crippen MR) is 132 cm³/mol. The van der Waals surface area contributed by atoms with Gasteiger partial charge in [0.1, 0.15) is 0 Å². The van der Waals surface area contributed by atoms with Gasteiger partial charge in [-0.05, 0) is 44.7 Å². The molecule has 0 unspecified atom stereocenters. The molecule has 1 aliphatic rings. The Balaban J connectivity index is 1.28. The third-order valence-corrected chi connectivity index (χ3v) is 6.42. The smallest absolute Gasteiger partial charge is 0.306 e. The first kappa shape index (κ1) is 23.5. The van der Waals surface area contributed by atoms with Crippen LogP contribution in [0.4, 0.5) is 5.82 Å². The van der Waals surface area contributed by atoms with Crippen LogP contribution in [0, 0.1) is 12.8 Å². The fourth-order valence-corrected chi connectivity index (χ4v) is 4.42. The van der Waals surface area contributed by atoms with Crippen molar-refractivity contribution in [1.29, 1.82) is 0 Å². The van der Waals surface area contributed by atoms with E-state index < -0.39 is 5.97 Å². The lowest BCUT2D eigenvalue weighted by atomic mass is 9.87. The summed E-state index contributed by atoms with van der Waals surface area (Å²) in [5, 5.41) is 25.8. The normalized spacial score (nSPS) is 17.6. The lowest BCUT2D eigenvalue weighted by Crippen LogP contribution is -2.29. The van der Waals surface area contributed by atoms with Gasteiger partial charge in [0.15, 0.2) is 17.4 Å². The van der Waals surface area contributed by atoms with E-state index in [1.807, 2.05) is 44.3 Å². The molecule has 0 bridgehead atoms. The molecule has 36 heavy (non-hydrogen) atoms. The maximum absolute atomic E-state index is 11.4. The van der Waals surface area contributed by atoms with Crippen molar-refractivity contribution in [2.24, 2.45) is 13.0 Å². The molecule has 1 aliphatic carbocycles. The third-order valence-electron chi connectivity index (χ3n) is 6.42. The number of aliphatic carboxylic acids is 1. The SMILES string of the molecule is Cc1nc(-c2cnn(C)c2CNc2cnn(-c3ccccc3)n2)ncc1O[C@H]1CCC[C@H](C(=O)O)C1.